The average Bonchev–Trinajstić information content (AvgIpc) is 2.38. The molecule has 0 bridgehead atoms. The summed E-state index contributed by atoms with van der Waals surface area (Å²) in [6.07, 6.45) is 12.7. The summed E-state index contributed by atoms with van der Waals surface area (Å²) in [5.74, 6) is 0. The van der Waals surface area contributed by atoms with Gasteiger partial charge in [-0.25, -0.2) is 0 Å². The molecular weight excluding hydrogens is 192 g/mol. The molecule has 0 unspecified atom stereocenters. The SMILES string of the molecule is C/C=C/CC1(c2ccccc2)CCCCC1. The molecule has 1 aliphatic carbocycles. The van der Waals surface area contributed by atoms with Gasteiger partial charge in [0.15, 0.2) is 0 Å². The molecule has 86 valence electrons. The van der Waals surface area contributed by atoms with Gasteiger partial charge in [0.05, 0.1) is 0 Å². The second-order valence-corrected chi connectivity index (χ2v) is 4.98. The molecule has 2 rings (SSSR count). The molecule has 1 aromatic carbocycles. The molecule has 0 amide bonds. The molecule has 0 atom stereocenters. The molecule has 0 N–H and O–H groups in total. The lowest BCUT2D eigenvalue weighted by atomic mass is 9.67. The largest absolute Gasteiger partial charge is 0.0916 e. The van der Waals surface area contributed by atoms with Crippen LogP contribution in [0.2, 0.25) is 0 Å². The van der Waals surface area contributed by atoms with Gasteiger partial charge in [0.1, 0.15) is 0 Å². The van der Waals surface area contributed by atoms with Crippen molar-refractivity contribution in [2.75, 3.05) is 0 Å². The van der Waals surface area contributed by atoms with Gasteiger partial charge in [-0.15, -0.1) is 0 Å². The van der Waals surface area contributed by atoms with E-state index in [0.29, 0.717) is 5.41 Å². The average molecular weight is 214 g/mol. The summed E-state index contributed by atoms with van der Waals surface area (Å²) in [5.41, 5.74) is 1.99. The van der Waals surface area contributed by atoms with E-state index in [0.717, 1.165) is 0 Å². The highest BCUT2D eigenvalue weighted by molar-refractivity contribution is 5.27. The van der Waals surface area contributed by atoms with Gasteiger partial charge in [0.25, 0.3) is 0 Å². The molecule has 0 aliphatic heterocycles. The van der Waals surface area contributed by atoms with Crippen LogP contribution < -0.4 is 0 Å². The molecule has 0 heteroatoms. The summed E-state index contributed by atoms with van der Waals surface area (Å²) < 4.78 is 0. The Morgan fingerprint density at radius 3 is 2.38 bits per heavy atom. The van der Waals surface area contributed by atoms with Crippen molar-refractivity contribution in [1.29, 1.82) is 0 Å². The molecule has 0 spiro atoms. The standard InChI is InChI=1S/C16H22/c1-2-3-12-16(13-8-5-9-14-16)15-10-6-4-7-11-15/h2-4,6-7,10-11H,5,8-9,12-14H2,1H3/b3-2+. The Labute approximate surface area is 99.4 Å². The van der Waals surface area contributed by atoms with Gasteiger partial charge < -0.3 is 0 Å². The first-order chi connectivity index (χ1) is 7.87. The van der Waals surface area contributed by atoms with Crippen LogP contribution in [0.4, 0.5) is 0 Å². The van der Waals surface area contributed by atoms with E-state index in [9.17, 15) is 0 Å². The molecule has 0 aromatic heterocycles. The first kappa shape index (κ1) is 11.4. The Morgan fingerprint density at radius 2 is 1.75 bits per heavy atom. The molecule has 1 fully saturated rings. The van der Waals surface area contributed by atoms with E-state index in [1.807, 2.05) is 0 Å². The van der Waals surface area contributed by atoms with Crippen LogP contribution in [-0.4, -0.2) is 0 Å². The summed E-state index contributed by atoms with van der Waals surface area (Å²) in [6.45, 7) is 2.13. The van der Waals surface area contributed by atoms with E-state index in [4.69, 9.17) is 0 Å². The molecule has 16 heavy (non-hydrogen) atoms. The van der Waals surface area contributed by atoms with Crippen LogP contribution in [0.3, 0.4) is 0 Å². The predicted molar refractivity (Wildman–Crippen MR) is 70.6 cm³/mol. The zero-order valence-corrected chi connectivity index (χ0v) is 10.3. The molecule has 0 saturated heterocycles. The van der Waals surface area contributed by atoms with E-state index in [-0.39, 0.29) is 0 Å². The molecule has 1 saturated carbocycles. The van der Waals surface area contributed by atoms with E-state index in [1.165, 1.54) is 38.5 Å². The summed E-state index contributed by atoms with van der Waals surface area (Å²) >= 11 is 0. The summed E-state index contributed by atoms with van der Waals surface area (Å²) in [4.78, 5) is 0. The monoisotopic (exact) mass is 214 g/mol. The van der Waals surface area contributed by atoms with Crippen molar-refractivity contribution in [2.24, 2.45) is 0 Å². The van der Waals surface area contributed by atoms with Gasteiger partial charge in [0, 0.05) is 0 Å². The highest BCUT2D eigenvalue weighted by Crippen LogP contribution is 2.42. The van der Waals surface area contributed by atoms with Crippen molar-refractivity contribution in [3.63, 3.8) is 0 Å². The Morgan fingerprint density at radius 1 is 1.06 bits per heavy atom. The molecule has 0 nitrogen and oxygen atoms in total. The van der Waals surface area contributed by atoms with Crippen LogP contribution in [-0.2, 0) is 5.41 Å². The Balaban J connectivity index is 2.26. The number of allylic oxidation sites excluding steroid dienone is 2. The van der Waals surface area contributed by atoms with E-state index in [1.54, 1.807) is 5.56 Å². The van der Waals surface area contributed by atoms with E-state index in [2.05, 4.69) is 49.4 Å². The van der Waals surface area contributed by atoms with E-state index < -0.39 is 0 Å². The maximum Gasteiger partial charge on any atom is -0.00125 e. The maximum atomic E-state index is 2.35. The van der Waals surface area contributed by atoms with Crippen molar-refractivity contribution >= 4 is 0 Å². The lowest BCUT2D eigenvalue weighted by Gasteiger charge is -2.37. The first-order valence-corrected chi connectivity index (χ1v) is 6.54. The number of rotatable bonds is 3. The minimum atomic E-state index is 0.437. The summed E-state index contributed by atoms with van der Waals surface area (Å²) in [7, 11) is 0. The van der Waals surface area contributed by atoms with Gasteiger partial charge in [-0.3, -0.25) is 0 Å². The van der Waals surface area contributed by atoms with Crippen LogP contribution in [0.25, 0.3) is 0 Å². The Bertz CT molecular complexity index is 328. The van der Waals surface area contributed by atoms with Crippen LogP contribution >= 0.6 is 0 Å². The molecule has 1 aromatic rings. The van der Waals surface area contributed by atoms with Crippen molar-refractivity contribution in [3.8, 4) is 0 Å². The third-order valence-electron chi connectivity index (χ3n) is 3.94. The van der Waals surface area contributed by atoms with Crippen molar-refractivity contribution < 1.29 is 0 Å². The minimum Gasteiger partial charge on any atom is -0.0916 e. The van der Waals surface area contributed by atoms with Crippen LogP contribution in [0.5, 0.6) is 0 Å². The van der Waals surface area contributed by atoms with Gasteiger partial charge in [0.2, 0.25) is 0 Å². The Hall–Kier alpha value is -1.04. The summed E-state index contributed by atoms with van der Waals surface area (Å²) in [6, 6.07) is 11.1. The van der Waals surface area contributed by atoms with Gasteiger partial charge in [-0.1, -0.05) is 61.7 Å². The predicted octanol–water partition coefficient (Wildman–Crippen LogP) is 4.85. The van der Waals surface area contributed by atoms with Gasteiger partial charge in [-0.2, -0.15) is 0 Å². The molecule has 0 radical (unpaired) electrons. The third kappa shape index (κ3) is 2.37. The van der Waals surface area contributed by atoms with Gasteiger partial charge in [-0.05, 0) is 37.2 Å². The van der Waals surface area contributed by atoms with Crippen LogP contribution in [0, 0.1) is 0 Å². The molecule has 1 aliphatic rings. The summed E-state index contributed by atoms with van der Waals surface area (Å²) in [5, 5.41) is 0. The number of benzene rings is 1. The second kappa shape index (κ2) is 5.34. The first-order valence-electron chi connectivity index (χ1n) is 6.54. The quantitative estimate of drug-likeness (QED) is 0.631. The fourth-order valence-corrected chi connectivity index (χ4v) is 2.97. The molecule has 0 heterocycles. The number of hydrogen-bond donors (Lipinski definition) is 0. The minimum absolute atomic E-state index is 0.437. The zero-order valence-electron chi connectivity index (χ0n) is 10.3. The maximum absolute atomic E-state index is 2.35. The molecular formula is C16H22. The van der Waals surface area contributed by atoms with Gasteiger partial charge >= 0.3 is 0 Å². The van der Waals surface area contributed by atoms with Crippen LogP contribution in [0.1, 0.15) is 51.0 Å². The Kier molecular flexibility index (Phi) is 3.82. The van der Waals surface area contributed by atoms with Crippen LogP contribution in [0.15, 0.2) is 42.5 Å². The lowest BCUT2D eigenvalue weighted by Crippen LogP contribution is -2.28. The normalized spacial score (nSPS) is 20.1. The number of hydrogen-bond acceptors (Lipinski definition) is 0. The highest BCUT2D eigenvalue weighted by Gasteiger charge is 2.32. The van der Waals surface area contributed by atoms with Crippen molar-refractivity contribution in [3.05, 3.63) is 48.0 Å². The third-order valence-corrected chi connectivity index (χ3v) is 3.94. The zero-order chi connectivity index (χ0) is 11.3. The second-order valence-electron chi connectivity index (χ2n) is 4.98. The lowest BCUT2D eigenvalue weighted by molar-refractivity contribution is 0.295. The fraction of sp³-hybridized carbons (Fsp3) is 0.500. The van der Waals surface area contributed by atoms with E-state index >= 15 is 0 Å². The van der Waals surface area contributed by atoms with Crippen molar-refractivity contribution in [2.45, 2.75) is 50.9 Å². The topological polar surface area (TPSA) is 0 Å². The van der Waals surface area contributed by atoms with Crippen molar-refractivity contribution in [1.82, 2.24) is 0 Å². The smallest absolute Gasteiger partial charge is 0.00125 e. The fourth-order valence-electron chi connectivity index (χ4n) is 2.97. The highest BCUT2D eigenvalue weighted by atomic mass is 14.4.